The molecule has 0 radical (unpaired) electrons. The fourth-order valence-corrected chi connectivity index (χ4v) is 4.88. The average Bonchev–Trinajstić information content (AvgIpc) is 3.13. The maximum absolute atomic E-state index is 12.6. The van der Waals surface area contributed by atoms with Gasteiger partial charge in [0, 0.05) is 19.0 Å². The third-order valence-electron chi connectivity index (χ3n) is 4.10. The Morgan fingerprint density at radius 1 is 1.35 bits per heavy atom. The Morgan fingerprint density at radius 3 is 2.78 bits per heavy atom. The highest BCUT2D eigenvalue weighted by atomic mass is 32.1. The normalized spacial score (nSPS) is 16.7. The van der Waals surface area contributed by atoms with Crippen LogP contribution in [0, 0.1) is 5.92 Å². The van der Waals surface area contributed by atoms with Crippen molar-refractivity contribution in [2.75, 3.05) is 19.4 Å². The Bertz CT molecular complexity index is 732. The molecule has 2 aromatic rings. The van der Waals surface area contributed by atoms with Gasteiger partial charge in [0.05, 0.1) is 10.4 Å². The van der Waals surface area contributed by atoms with Gasteiger partial charge in [-0.15, -0.1) is 22.7 Å². The van der Waals surface area contributed by atoms with Gasteiger partial charge in [-0.2, -0.15) is 0 Å². The van der Waals surface area contributed by atoms with Gasteiger partial charge in [0.2, 0.25) is 0 Å². The zero-order valence-electron chi connectivity index (χ0n) is 13.5. The van der Waals surface area contributed by atoms with E-state index in [1.807, 2.05) is 11.4 Å². The first-order valence-corrected chi connectivity index (χ1v) is 9.38. The van der Waals surface area contributed by atoms with Crippen molar-refractivity contribution in [1.29, 1.82) is 0 Å². The third kappa shape index (κ3) is 3.19. The first-order chi connectivity index (χ1) is 11.0. The molecule has 1 atom stereocenters. The molecule has 0 fully saturated rings. The highest BCUT2D eigenvalue weighted by Gasteiger charge is 2.29. The molecule has 1 aliphatic carbocycles. The van der Waals surface area contributed by atoms with Crippen molar-refractivity contribution >= 4 is 39.5 Å². The molecule has 2 heterocycles. The number of carbonyl (C=O) groups excluding carboxylic acids is 2. The number of nitrogens with zero attached hydrogens (tertiary/aromatic N) is 1. The van der Waals surface area contributed by atoms with Crippen LogP contribution in [-0.4, -0.2) is 30.8 Å². The first-order valence-electron chi connectivity index (χ1n) is 7.68. The van der Waals surface area contributed by atoms with Crippen molar-refractivity contribution in [1.82, 2.24) is 4.90 Å². The predicted molar refractivity (Wildman–Crippen MR) is 95.8 cm³/mol. The monoisotopic (exact) mass is 348 g/mol. The summed E-state index contributed by atoms with van der Waals surface area (Å²) in [6.45, 7) is 2.24. The van der Waals surface area contributed by atoms with E-state index in [1.165, 1.54) is 16.2 Å². The second-order valence-corrected chi connectivity index (χ2v) is 8.24. The molecule has 122 valence electrons. The van der Waals surface area contributed by atoms with E-state index in [0.29, 0.717) is 21.4 Å². The highest BCUT2D eigenvalue weighted by molar-refractivity contribution is 7.17. The minimum Gasteiger partial charge on any atom is -0.345 e. The van der Waals surface area contributed by atoms with Gasteiger partial charge in [0.15, 0.2) is 0 Å². The number of fused-ring (bicyclic) bond motifs is 1. The van der Waals surface area contributed by atoms with Crippen molar-refractivity contribution in [2.24, 2.45) is 5.92 Å². The summed E-state index contributed by atoms with van der Waals surface area (Å²) in [7, 11) is 3.51. The highest BCUT2D eigenvalue weighted by Crippen LogP contribution is 2.40. The fraction of sp³-hybridized carbons (Fsp3) is 0.412. The van der Waals surface area contributed by atoms with Gasteiger partial charge in [-0.25, -0.2) is 0 Å². The van der Waals surface area contributed by atoms with Crippen LogP contribution >= 0.6 is 22.7 Å². The van der Waals surface area contributed by atoms with Gasteiger partial charge in [0.25, 0.3) is 11.8 Å². The molecular formula is C17H20N2O2S2. The molecule has 0 bridgehead atoms. The molecule has 4 nitrogen and oxygen atoms in total. The van der Waals surface area contributed by atoms with Crippen molar-refractivity contribution < 1.29 is 9.59 Å². The summed E-state index contributed by atoms with van der Waals surface area (Å²) in [6.07, 6.45) is 3.00. The molecule has 1 aliphatic rings. The van der Waals surface area contributed by atoms with E-state index in [-0.39, 0.29) is 11.8 Å². The number of carbonyl (C=O) groups is 2. The van der Waals surface area contributed by atoms with Gasteiger partial charge >= 0.3 is 0 Å². The summed E-state index contributed by atoms with van der Waals surface area (Å²) >= 11 is 2.97. The summed E-state index contributed by atoms with van der Waals surface area (Å²) in [6, 6.07) is 3.65. The van der Waals surface area contributed by atoms with E-state index in [2.05, 4.69) is 12.2 Å². The number of anilines is 1. The predicted octanol–water partition coefficient (Wildman–Crippen LogP) is 3.89. The standard InChI is InChI=1S/C17H20N2O2S2/c1-10-6-7-11-13(9-10)23-16(14(11)17(21)19(2)3)18-15(20)12-5-4-8-22-12/h4-5,8,10H,6-7,9H2,1-3H3,(H,18,20)/t10-/m1/s1. The van der Waals surface area contributed by atoms with E-state index in [1.54, 1.807) is 36.4 Å². The van der Waals surface area contributed by atoms with Crippen LogP contribution in [0.15, 0.2) is 17.5 Å². The summed E-state index contributed by atoms with van der Waals surface area (Å²) < 4.78 is 0. The molecule has 0 unspecified atom stereocenters. The van der Waals surface area contributed by atoms with E-state index in [9.17, 15) is 9.59 Å². The molecule has 0 spiro atoms. The zero-order valence-corrected chi connectivity index (χ0v) is 15.1. The molecule has 0 saturated heterocycles. The van der Waals surface area contributed by atoms with Crippen molar-refractivity contribution in [3.63, 3.8) is 0 Å². The summed E-state index contributed by atoms with van der Waals surface area (Å²) in [5.41, 5.74) is 1.82. The SMILES string of the molecule is C[C@@H]1CCc2c(sc(NC(=O)c3cccs3)c2C(=O)N(C)C)C1. The molecular weight excluding hydrogens is 328 g/mol. The Hall–Kier alpha value is -1.66. The molecule has 3 rings (SSSR count). The number of amides is 2. The van der Waals surface area contributed by atoms with Crippen LogP contribution in [-0.2, 0) is 12.8 Å². The molecule has 0 aliphatic heterocycles. The van der Waals surface area contributed by atoms with Crippen LogP contribution in [0.4, 0.5) is 5.00 Å². The van der Waals surface area contributed by atoms with E-state index >= 15 is 0 Å². The summed E-state index contributed by atoms with van der Waals surface area (Å²) in [4.78, 5) is 28.5. The average molecular weight is 348 g/mol. The zero-order chi connectivity index (χ0) is 16.6. The van der Waals surface area contributed by atoms with Gasteiger partial charge in [-0.05, 0) is 42.2 Å². The number of hydrogen-bond acceptors (Lipinski definition) is 4. The molecule has 23 heavy (non-hydrogen) atoms. The lowest BCUT2D eigenvalue weighted by molar-refractivity contribution is 0.0827. The van der Waals surface area contributed by atoms with Crippen LogP contribution in [0.25, 0.3) is 0 Å². The van der Waals surface area contributed by atoms with Crippen molar-refractivity contribution in [3.05, 3.63) is 38.4 Å². The van der Waals surface area contributed by atoms with Crippen LogP contribution in [0.5, 0.6) is 0 Å². The number of rotatable bonds is 3. The lowest BCUT2D eigenvalue weighted by atomic mass is 9.88. The second kappa shape index (κ2) is 6.45. The maximum Gasteiger partial charge on any atom is 0.266 e. The maximum atomic E-state index is 12.6. The minimum absolute atomic E-state index is 0.0291. The van der Waals surface area contributed by atoms with E-state index in [0.717, 1.165) is 24.8 Å². The van der Waals surface area contributed by atoms with Gasteiger partial charge in [0.1, 0.15) is 5.00 Å². The molecule has 0 aromatic carbocycles. The molecule has 0 saturated carbocycles. The summed E-state index contributed by atoms with van der Waals surface area (Å²) in [5, 5.41) is 5.54. The van der Waals surface area contributed by atoms with Gasteiger partial charge < -0.3 is 10.2 Å². The topological polar surface area (TPSA) is 49.4 Å². The third-order valence-corrected chi connectivity index (χ3v) is 6.14. The van der Waals surface area contributed by atoms with Gasteiger partial charge in [-0.1, -0.05) is 13.0 Å². The van der Waals surface area contributed by atoms with Crippen LogP contribution in [0.2, 0.25) is 0 Å². The molecule has 1 N–H and O–H groups in total. The van der Waals surface area contributed by atoms with Crippen molar-refractivity contribution in [3.8, 4) is 0 Å². The Kier molecular flexibility index (Phi) is 4.55. The van der Waals surface area contributed by atoms with E-state index in [4.69, 9.17) is 0 Å². The Labute approximate surface area is 144 Å². The first kappa shape index (κ1) is 16.2. The quantitative estimate of drug-likeness (QED) is 0.915. The van der Waals surface area contributed by atoms with Crippen LogP contribution in [0.1, 0.15) is 43.8 Å². The largest absolute Gasteiger partial charge is 0.345 e. The Morgan fingerprint density at radius 2 is 2.13 bits per heavy atom. The number of nitrogens with one attached hydrogen (secondary N) is 1. The van der Waals surface area contributed by atoms with Crippen LogP contribution in [0.3, 0.4) is 0 Å². The summed E-state index contributed by atoms with van der Waals surface area (Å²) in [5.74, 6) is 0.460. The smallest absolute Gasteiger partial charge is 0.266 e. The molecule has 2 aromatic heterocycles. The number of thiophene rings is 2. The van der Waals surface area contributed by atoms with Gasteiger partial charge in [-0.3, -0.25) is 9.59 Å². The van der Waals surface area contributed by atoms with Crippen molar-refractivity contribution in [2.45, 2.75) is 26.2 Å². The Balaban J connectivity index is 1.98. The fourth-order valence-electron chi connectivity index (χ4n) is 2.86. The number of hydrogen-bond donors (Lipinski definition) is 1. The minimum atomic E-state index is -0.139. The second-order valence-electron chi connectivity index (χ2n) is 6.19. The lowest BCUT2D eigenvalue weighted by Gasteiger charge is -2.19. The van der Waals surface area contributed by atoms with E-state index < -0.39 is 0 Å². The lowest BCUT2D eigenvalue weighted by Crippen LogP contribution is -2.25. The molecule has 2 amide bonds. The molecule has 6 heteroatoms. The van der Waals surface area contributed by atoms with Crippen LogP contribution < -0.4 is 5.32 Å².